The van der Waals surface area contributed by atoms with Crippen LogP contribution >= 0.6 is 0 Å². The van der Waals surface area contributed by atoms with Crippen molar-refractivity contribution >= 4 is 11.8 Å². The number of rotatable bonds is 33. The highest BCUT2D eigenvalue weighted by atomic mass is 127. The molecule has 0 aliphatic carbocycles. The van der Waals surface area contributed by atoms with E-state index in [2.05, 4.69) is 25.3 Å². The van der Waals surface area contributed by atoms with Crippen molar-refractivity contribution in [2.75, 3.05) is 13.2 Å². The molecule has 7 heteroatoms. The number of imide groups is 1. The molecule has 0 saturated heterocycles. The average molecular weight is 897 g/mol. The fourth-order valence-corrected chi connectivity index (χ4v) is 7.38. The van der Waals surface area contributed by atoms with Crippen LogP contribution in [0.5, 0.6) is 11.5 Å². The summed E-state index contributed by atoms with van der Waals surface area (Å²) in [6, 6.07) is 20.4. The zero-order chi connectivity index (χ0) is 39.9. The number of hydrogen-bond acceptors (Lipinski definition) is 4. The van der Waals surface area contributed by atoms with E-state index in [1.165, 1.54) is 133 Å². The van der Waals surface area contributed by atoms with Crippen molar-refractivity contribution in [2.45, 2.75) is 188 Å². The molecule has 318 valence electrons. The van der Waals surface area contributed by atoms with E-state index in [-0.39, 0.29) is 42.3 Å². The molecule has 0 saturated carbocycles. The summed E-state index contributed by atoms with van der Waals surface area (Å²) in [4.78, 5) is 29.6. The molecule has 2 amide bonds. The number of amides is 2. The Morgan fingerprint density at radius 3 is 1.42 bits per heavy atom. The summed E-state index contributed by atoms with van der Waals surface area (Å²) in [6.45, 7) is 8.69. The van der Waals surface area contributed by atoms with E-state index < -0.39 is 0 Å². The van der Waals surface area contributed by atoms with Gasteiger partial charge in [-0.05, 0) is 50.1 Å². The summed E-state index contributed by atoms with van der Waals surface area (Å²) >= 11 is 0. The third-order valence-electron chi connectivity index (χ3n) is 10.9. The molecule has 3 rings (SSSR count). The first kappa shape index (κ1) is 50.2. The maximum atomic E-state index is 14.3. The first-order chi connectivity index (χ1) is 27.6. The van der Waals surface area contributed by atoms with Crippen molar-refractivity contribution in [2.24, 2.45) is 0 Å². The van der Waals surface area contributed by atoms with Gasteiger partial charge in [-0.1, -0.05) is 179 Å². The smallest absolute Gasteiger partial charge is 0.261 e. The summed E-state index contributed by atoms with van der Waals surface area (Å²) in [7, 11) is 0. The standard InChI is InChI=1S/C50H77N2O4.HI/c1-4-7-9-11-13-15-17-19-21-23-25-32-40-55-47-38-37-45(42-48(47)56-41-33-26-24-22-20-18-16-14-12-10-8-5-2)50(54)52(49(53)44-34-28-27-29-35-44)43-46-36-30-31-39-51(46)6-3;/h27-31,34-39,42H,4-26,32-33,40-41,43H2,1-3H3;1H/q+1;/p-1. The van der Waals surface area contributed by atoms with Crippen molar-refractivity contribution < 1.29 is 47.6 Å². The molecule has 0 atom stereocenters. The van der Waals surface area contributed by atoms with Crippen LogP contribution in [0.3, 0.4) is 0 Å². The molecule has 0 unspecified atom stereocenters. The van der Waals surface area contributed by atoms with Gasteiger partial charge in [0.25, 0.3) is 11.8 Å². The van der Waals surface area contributed by atoms with Crippen molar-refractivity contribution in [3.8, 4) is 11.5 Å². The van der Waals surface area contributed by atoms with E-state index in [0.717, 1.165) is 37.9 Å². The number of nitrogens with zero attached hydrogens (tertiary/aromatic N) is 2. The van der Waals surface area contributed by atoms with Crippen LogP contribution in [0.15, 0.2) is 72.9 Å². The Morgan fingerprint density at radius 1 is 0.491 bits per heavy atom. The first-order valence-corrected chi connectivity index (χ1v) is 22.9. The van der Waals surface area contributed by atoms with E-state index in [9.17, 15) is 9.59 Å². The summed E-state index contributed by atoms with van der Waals surface area (Å²) in [5, 5.41) is 0. The Morgan fingerprint density at radius 2 is 0.930 bits per heavy atom. The van der Waals surface area contributed by atoms with Gasteiger partial charge in [-0.2, -0.15) is 0 Å². The van der Waals surface area contributed by atoms with Gasteiger partial charge in [0.05, 0.1) is 13.2 Å². The summed E-state index contributed by atoms with van der Waals surface area (Å²) in [6.07, 6.45) is 33.0. The third-order valence-corrected chi connectivity index (χ3v) is 10.9. The van der Waals surface area contributed by atoms with E-state index in [1.807, 2.05) is 48.7 Å². The number of pyridine rings is 1. The lowest BCUT2D eigenvalue weighted by atomic mass is 10.1. The highest BCUT2D eigenvalue weighted by molar-refractivity contribution is 6.10. The SMILES string of the molecule is CCCCCCCCCCCCCCOc1ccc(C(=O)N(Cc2cccc[n+]2CC)C(=O)c2ccccc2)cc1OCCCCCCCCCCCCCC.[I-]. The lowest BCUT2D eigenvalue weighted by Crippen LogP contribution is -3.00. The number of benzene rings is 2. The minimum absolute atomic E-state index is 0. The summed E-state index contributed by atoms with van der Waals surface area (Å²) in [5.74, 6) is 0.561. The van der Waals surface area contributed by atoms with Crippen LogP contribution < -0.4 is 38.0 Å². The average Bonchev–Trinajstić information content (AvgIpc) is 3.23. The maximum absolute atomic E-state index is 14.3. The second-order valence-corrected chi connectivity index (χ2v) is 15.7. The fraction of sp³-hybridized carbons (Fsp3) is 0.620. The van der Waals surface area contributed by atoms with Crippen molar-refractivity contribution in [1.82, 2.24) is 4.90 Å². The zero-order valence-corrected chi connectivity index (χ0v) is 38.3. The molecule has 2 aromatic carbocycles. The number of unbranched alkanes of at least 4 members (excludes halogenated alkanes) is 22. The molecule has 57 heavy (non-hydrogen) atoms. The van der Waals surface area contributed by atoms with Gasteiger partial charge < -0.3 is 33.5 Å². The molecule has 1 heterocycles. The molecule has 0 radical (unpaired) electrons. The molecule has 3 aromatic rings. The molecule has 6 nitrogen and oxygen atoms in total. The molecule has 0 bridgehead atoms. The highest BCUT2D eigenvalue weighted by Gasteiger charge is 2.28. The monoisotopic (exact) mass is 896 g/mol. The van der Waals surface area contributed by atoms with Crippen LogP contribution in [-0.4, -0.2) is 29.9 Å². The van der Waals surface area contributed by atoms with Crippen molar-refractivity contribution in [3.05, 3.63) is 89.7 Å². The first-order valence-electron chi connectivity index (χ1n) is 22.9. The van der Waals surface area contributed by atoms with E-state index in [0.29, 0.717) is 35.8 Å². The van der Waals surface area contributed by atoms with Gasteiger partial charge in [0.15, 0.2) is 17.7 Å². The van der Waals surface area contributed by atoms with Crippen LogP contribution in [0.1, 0.15) is 201 Å². The van der Waals surface area contributed by atoms with Crippen LogP contribution in [0, 0.1) is 0 Å². The second-order valence-electron chi connectivity index (χ2n) is 15.7. The largest absolute Gasteiger partial charge is 1.00 e. The van der Waals surface area contributed by atoms with Gasteiger partial charge in [-0.25, -0.2) is 4.57 Å². The topological polar surface area (TPSA) is 59.7 Å². The maximum Gasteiger partial charge on any atom is 0.261 e. The number of ether oxygens (including phenoxy) is 2. The van der Waals surface area contributed by atoms with Gasteiger partial charge in [0.2, 0.25) is 5.69 Å². The van der Waals surface area contributed by atoms with Gasteiger partial charge in [-0.15, -0.1) is 0 Å². The molecular weight excluding hydrogens is 819 g/mol. The minimum Gasteiger partial charge on any atom is -1.00 e. The lowest BCUT2D eigenvalue weighted by molar-refractivity contribution is -0.701. The van der Waals surface area contributed by atoms with E-state index >= 15 is 0 Å². The fourth-order valence-electron chi connectivity index (χ4n) is 7.38. The number of carbonyl (C=O) groups is 2. The molecule has 0 fully saturated rings. The Hall–Kier alpha value is -2.94. The quantitative estimate of drug-likeness (QED) is 0.0265. The highest BCUT2D eigenvalue weighted by Crippen LogP contribution is 2.30. The minimum atomic E-state index is -0.354. The lowest BCUT2D eigenvalue weighted by Gasteiger charge is -2.21. The normalized spacial score (nSPS) is 10.9. The number of aromatic nitrogens is 1. The van der Waals surface area contributed by atoms with Gasteiger partial charge in [0.1, 0.15) is 13.1 Å². The van der Waals surface area contributed by atoms with E-state index in [4.69, 9.17) is 9.47 Å². The molecule has 0 aliphatic rings. The number of aryl methyl sites for hydroxylation is 1. The zero-order valence-electron chi connectivity index (χ0n) is 36.1. The van der Waals surface area contributed by atoms with Gasteiger partial charge >= 0.3 is 0 Å². The number of halogens is 1. The van der Waals surface area contributed by atoms with Crippen LogP contribution in [0.25, 0.3) is 0 Å². The predicted molar refractivity (Wildman–Crippen MR) is 233 cm³/mol. The molecule has 0 N–H and O–H groups in total. The van der Waals surface area contributed by atoms with Crippen molar-refractivity contribution in [1.29, 1.82) is 0 Å². The summed E-state index contributed by atoms with van der Waals surface area (Å²) in [5.41, 5.74) is 1.78. The molecule has 0 spiro atoms. The third kappa shape index (κ3) is 21.1. The predicted octanol–water partition coefficient (Wildman–Crippen LogP) is 10.6. The number of carbonyl (C=O) groups excluding carboxylic acids is 2. The Balaban J connectivity index is 0.0000112. The van der Waals surface area contributed by atoms with Gasteiger partial charge in [0, 0.05) is 23.3 Å². The van der Waals surface area contributed by atoms with E-state index in [1.54, 1.807) is 24.3 Å². The Labute approximate surface area is 364 Å². The molecule has 0 aliphatic heterocycles. The van der Waals surface area contributed by atoms with Crippen LogP contribution in [0.2, 0.25) is 0 Å². The van der Waals surface area contributed by atoms with Crippen LogP contribution in [-0.2, 0) is 13.1 Å². The Kier molecular flexibility index (Phi) is 29.0. The Bertz CT molecular complexity index is 1470. The van der Waals surface area contributed by atoms with Gasteiger partial charge in [-0.3, -0.25) is 14.5 Å². The molecular formula is C50H77IN2O4. The number of hydrogen-bond donors (Lipinski definition) is 0. The van der Waals surface area contributed by atoms with Crippen LogP contribution in [0.4, 0.5) is 0 Å². The van der Waals surface area contributed by atoms with Crippen molar-refractivity contribution in [3.63, 3.8) is 0 Å². The molecule has 1 aromatic heterocycles. The second kappa shape index (κ2) is 33.0. The summed E-state index contributed by atoms with van der Waals surface area (Å²) < 4.78 is 14.8.